The zero-order valence-electron chi connectivity index (χ0n) is 41.6. The van der Waals surface area contributed by atoms with Gasteiger partial charge in [-0.05, 0) is 44.9 Å². The molecule has 0 saturated carbocycles. The number of likely N-dealkylation sites (N-methyl/N-ethyl adjacent to an activating group) is 1. The van der Waals surface area contributed by atoms with Crippen molar-refractivity contribution < 1.29 is 37.3 Å². The molecule has 1 N–H and O–H groups in total. The number of hydrogen-bond acceptors (Lipinski definition) is 6. The van der Waals surface area contributed by atoms with Crippen molar-refractivity contribution in [3.63, 3.8) is 0 Å². The molecule has 0 aliphatic rings. The highest BCUT2D eigenvalue weighted by Gasteiger charge is 2.26. The Morgan fingerprint density at radius 2 is 0.935 bits per heavy atom. The molecule has 0 rings (SSSR count). The van der Waals surface area contributed by atoms with E-state index in [0.29, 0.717) is 24.1 Å². The first-order valence-electron chi connectivity index (χ1n) is 26.2. The van der Waals surface area contributed by atoms with Crippen LogP contribution in [0.25, 0.3) is 0 Å². The van der Waals surface area contributed by atoms with Crippen molar-refractivity contribution in [2.45, 2.75) is 245 Å². The number of nitrogens with zero attached hydrogens (tertiary/aromatic N) is 1. The molecule has 0 radical (unpaired) electrons. The first-order chi connectivity index (χ1) is 30.1. The van der Waals surface area contributed by atoms with E-state index in [1.54, 1.807) is 0 Å². The highest BCUT2D eigenvalue weighted by molar-refractivity contribution is 7.47. The summed E-state index contributed by atoms with van der Waals surface area (Å²) in [4.78, 5) is 23.0. The van der Waals surface area contributed by atoms with E-state index in [9.17, 15) is 14.3 Å². The summed E-state index contributed by atoms with van der Waals surface area (Å²) in [5.74, 6) is -0.327. The van der Waals surface area contributed by atoms with Gasteiger partial charge < -0.3 is 18.9 Å². The van der Waals surface area contributed by atoms with Crippen LogP contribution in [0.2, 0.25) is 0 Å². The highest BCUT2D eigenvalue weighted by atomic mass is 31.2. The van der Waals surface area contributed by atoms with Crippen molar-refractivity contribution in [2.24, 2.45) is 0 Å². The Bertz CT molecular complexity index is 1090. The van der Waals surface area contributed by atoms with Gasteiger partial charge in [-0.25, -0.2) is 4.57 Å². The van der Waals surface area contributed by atoms with E-state index in [2.05, 4.69) is 50.3 Å². The van der Waals surface area contributed by atoms with Gasteiger partial charge in [0.2, 0.25) is 0 Å². The Labute approximate surface area is 385 Å². The second-order valence-corrected chi connectivity index (χ2v) is 20.3. The third-order valence-corrected chi connectivity index (χ3v) is 12.5. The molecule has 9 heteroatoms. The first kappa shape index (κ1) is 60.7. The van der Waals surface area contributed by atoms with Crippen LogP contribution in [-0.4, -0.2) is 75.6 Å². The molecule has 0 saturated heterocycles. The third kappa shape index (κ3) is 49.7. The van der Waals surface area contributed by atoms with Gasteiger partial charge in [-0.2, -0.15) is 0 Å². The molecule has 366 valence electrons. The van der Waals surface area contributed by atoms with Gasteiger partial charge in [0.15, 0.2) is 0 Å². The summed E-state index contributed by atoms with van der Waals surface area (Å²) in [6.07, 6.45) is 56.3. The molecule has 2 unspecified atom stereocenters. The highest BCUT2D eigenvalue weighted by Crippen LogP contribution is 2.43. The summed E-state index contributed by atoms with van der Waals surface area (Å²) < 4.78 is 35.1. The lowest BCUT2D eigenvalue weighted by atomic mass is 10.0. The van der Waals surface area contributed by atoms with Crippen LogP contribution in [0.15, 0.2) is 36.5 Å². The molecule has 0 aromatic rings. The van der Waals surface area contributed by atoms with E-state index in [1.807, 2.05) is 21.1 Å². The minimum atomic E-state index is -4.28. The van der Waals surface area contributed by atoms with E-state index < -0.39 is 13.9 Å². The molecular weight excluding hydrogens is 794 g/mol. The van der Waals surface area contributed by atoms with Crippen LogP contribution < -0.4 is 0 Å². The smallest absolute Gasteiger partial charge is 0.457 e. The van der Waals surface area contributed by atoms with Gasteiger partial charge in [0.1, 0.15) is 19.3 Å². The van der Waals surface area contributed by atoms with Gasteiger partial charge in [0, 0.05) is 13.0 Å². The normalized spacial score (nSPS) is 13.8. The number of rotatable bonds is 49. The molecule has 62 heavy (non-hydrogen) atoms. The van der Waals surface area contributed by atoms with Crippen molar-refractivity contribution in [3.8, 4) is 0 Å². The lowest BCUT2D eigenvalue weighted by Gasteiger charge is -2.24. The van der Waals surface area contributed by atoms with Crippen LogP contribution in [0.4, 0.5) is 0 Å². The Balaban J connectivity index is 4.05. The van der Waals surface area contributed by atoms with Gasteiger partial charge in [0.25, 0.3) is 0 Å². The molecule has 0 amide bonds. The van der Waals surface area contributed by atoms with Crippen molar-refractivity contribution in [3.05, 3.63) is 36.5 Å². The molecule has 2 atom stereocenters. The SMILES string of the molecule is CC/C=C\C/C=C\C/C=C\CCCCCCCC(=O)OC(COCCCCCCCCCCCCCCCCCCCCCCCCCCC)COP(=O)(O)OCC[N+](C)(C)C. The number of hydrogen-bond donors (Lipinski definition) is 1. The quantitative estimate of drug-likeness (QED) is 0.0214. The Morgan fingerprint density at radius 1 is 0.516 bits per heavy atom. The number of unbranched alkanes of at least 4 members (excludes halogenated alkanes) is 29. The van der Waals surface area contributed by atoms with E-state index in [4.69, 9.17) is 18.5 Å². The van der Waals surface area contributed by atoms with E-state index >= 15 is 0 Å². The molecule has 0 aromatic heterocycles. The fraction of sp³-hybridized carbons (Fsp3) is 0.868. The average Bonchev–Trinajstić information content (AvgIpc) is 3.23. The van der Waals surface area contributed by atoms with Crippen LogP contribution in [0, 0.1) is 0 Å². The van der Waals surface area contributed by atoms with Crippen molar-refractivity contribution in [2.75, 3.05) is 54.1 Å². The lowest BCUT2D eigenvalue weighted by Crippen LogP contribution is -2.37. The number of esters is 1. The summed E-state index contributed by atoms with van der Waals surface area (Å²) in [6, 6.07) is 0. The van der Waals surface area contributed by atoms with Crippen LogP contribution >= 0.6 is 7.82 Å². The van der Waals surface area contributed by atoms with Crippen LogP contribution in [0.3, 0.4) is 0 Å². The standard InChI is InChI=1S/C53H102NO7P/c1-6-8-10-12-14-16-18-20-22-23-24-25-26-27-28-29-30-31-33-35-37-39-41-43-45-48-58-50-52(51-60-62(56,57)59-49-47-54(3,4)5)61-53(55)46-44-42-40-38-36-34-32-21-19-17-15-13-11-9-7-2/h9,11,15,17,21,32,52H,6-8,10,12-14,16,18-20,22-31,33-51H2,1-5H3/p+1/b11-9-,17-15-,32-21-. The Hall–Kier alpha value is -1.28. The first-order valence-corrected chi connectivity index (χ1v) is 27.7. The van der Waals surface area contributed by atoms with Gasteiger partial charge >= 0.3 is 13.8 Å². The molecule has 0 bridgehead atoms. The Kier molecular flexibility index (Phi) is 45.3. The topological polar surface area (TPSA) is 91.3 Å². The molecule has 0 aliphatic carbocycles. The van der Waals surface area contributed by atoms with E-state index in [1.165, 1.54) is 148 Å². The minimum absolute atomic E-state index is 0.0860. The predicted octanol–water partition coefficient (Wildman–Crippen LogP) is 16.1. The molecule has 0 aromatic carbocycles. The number of carbonyl (C=O) groups is 1. The third-order valence-electron chi connectivity index (χ3n) is 11.5. The Morgan fingerprint density at radius 3 is 1.40 bits per heavy atom. The largest absolute Gasteiger partial charge is 0.472 e. The molecule has 8 nitrogen and oxygen atoms in total. The van der Waals surface area contributed by atoms with Crippen LogP contribution in [0.1, 0.15) is 239 Å². The molecule has 0 fully saturated rings. The minimum Gasteiger partial charge on any atom is -0.457 e. The summed E-state index contributed by atoms with van der Waals surface area (Å²) in [5.41, 5.74) is 0. The van der Waals surface area contributed by atoms with E-state index in [0.717, 1.165) is 70.6 Å². The summed E-state index contributed by atoms with van der Waals surface area (Å²) in [5, 5.41) is 0. The van der Waals surface area contributed by atoms with E-state index in [-0.39, 0.29) is 25.8 Å². The fourth-order valence-electron chi connectivity index (χ4n) is 7.45. The van der Waals surface area contributed by atoms with Gasteiger partial charge in [0.05, 0.1) is 34.4 Å². The van der Waals surface area contributed by atoms with Gasteiger partial charge in [-0.3, -0.25) is 13.8 Å². The molecule has 0 heterocycles. The number of quaternary nitrogens is 1. The maximum atomic E-state index is 12.7. The molecular formula is C53H103NO7P+. The lowest BCUT2D eigenvalue weighted by molar-refractivity contribution is -0.870. The second kappa shape index (κ2) is 46.3. The van der Waals surface area contributed by atoms with Crippen LogP contribution in [-0.2, 0) is 27.9 Å². The molecule has 0 aliphatic heterocycles. The number of ether oxygens (including phenoxy) is 2. The average molecular weight is 897 g/mol. The second-order valence-electron chi connectivity index (χ2n) is 18.9. The predicted molar refractivity (Wildman–Crippen MR) is 266 cm³/mol. The summed E-state index contributed by atoms with van der Waals surface area (Å²) >= 11 is 0. The van der Waals surface area contributed by atoms with Crippen molar-refractivity contribution >= 4 is 13.8 Å². The number of allylic oxidation sites excluding steroid dienone is 6. The summed E-state index contributed by atoms with van der Waals surface area (Å²) in [7, 11) is 1.66. The van der Waals surface area contributed by atoms with Crippen molar-refractivity contribution in [1.29, 1.82) is 0 Å². The summed E-state index contributed by atoms with van der Waals surface area (Å²) in [6.45, 7) is 5.53. The number of phosphoric acid groups is 1. The van der Waals surface area contributed by atoms with Gasteiger partial charge in [-0.15, -0.1) is 0 Å². The fourth-order valence-corrected chi connectivity index (χ4v) is 8.19. The number of phosphoric ester groups is 1. The number of carbonyl (C=O) groups excluding carboxylic acids is 1. The zero-order valence-corrected chi connectivity index (χ0v) is 42.5. The van der Waals surface area contributed by atoms with Gasteiger partial charge in [-0.1, -0.05) is 224 Å². The monoisotopic (exact) mass is 897 g/mol. The maximum Gasteiger partial charge on any atom is 0.472 e. The van der Waals surface area contributed by atoms with Crippen LogP contribution in [0.5, 0.6) is 0 Å². The maximum absolute atomic E-state index is 12.7. The molecule has 0 spiro atoms. The zero-order chi connectivity index (χ0) is 45.5. The van der Waals surface area contributed by atoms with Crippen molar-refractivity contribution in [1.82, 2.24) is 0 Å².